The van der Waals surface area contributed by atoms with Crippen molar-refractivity contribution in [1.82, 2.24) is 0 Å². The maximum Gasteiger partial charge on any atom is 0.138 e. The van der Waals surface area contributed by atoms with E-state index in [0.29, 0.717) is 13.2 Å². The van der Waals surface area contributed by atoms with Crippen LogP contribution in [0.3, 0.4) is 0 Å². The van der Waals surface area contributed by atoms with Gasteiger partial charge < -0.3 is 14.2 Å². The summed E-state index contributed by atoms with van der Waals surface area (Å²) in [4.78, 5) is 0. The van der Waals surface area contributed by atoms with Gasteiger partial charge in [0.2, 0.25) is 0 Å². The van der Waals surface area contributed by atoms with Crippen LogP contribution >= 0.6 is 15.9 Å². The van der Waals surface area contributed by atoms with Gasteiger partial charge in [-0.25, -0.2) is 0 Å². The van der Waals surface area contributed by atoms with E-state index in [4.69, 9.17) is 14.2 Å². The average Bonchev–Trinajstić information content (AvgIpc) is 2.74. The molecule has 0 unspecified atom stereocenters. The highest BCUT2D eigenvalue weighted by Crippen LogP contribution is 2.38. The van der Waals surface area contributed by atoms with Crippen molar-refractivity contribution in [2.75, 3.05) is 7.11 Å². The molecule has 152 valence electrons. The first-order valence-electron chi connectivity index (χ1n) is 9.68. The van der Waals surface area contributed by atoms with E-state index in [1.807, 2.05) is 36.4 Å². The summed E-state index contributed by atoms with van der Waals surface area (Å²) in [5.41, 5.74) is 3.06. The predicted octanol–water partition coefficient (Wildman–Crippen LogP) is 6.57. The van der Waals surface area contributed by atoms with E-state index in [-0.39, 0.29) is 5.60 Å². The fourth-order valence-corrected chi connectivity index (χ4v) is 3.43. The van der Waals surface area contributed by atoms with Crippen LogP contribution in [0.5, 0.6) is 11.5 Å². The molecule has 0 spiro atoms. The molecule has 3 aromatic carbocycles. The Labute approximate surface area is 181 Å². The lowest BCUT2D eigenvalue weighted by molar-refractivity contribution is 0.0231. The summed E-state index contributed by atoms with van der Waals surface area (Å²) in [5, 5.41) is 0. The number of hydrogen-bond acceptors (Lipinski definition) is 3. The van der Waals surface area contributed by atoms with Crippen molar-refractivity contribution in [2.24, 2.45) is 0 Å². The molecule has 0 saturated carbocycles. The number of rotatable bonds is 9. The van der Waals surface area contributed by atoms with E-state index in [2.05, 4.69) is 66.2 Å². The Bertz CT molecular complexity index is 843. The molecule has 0 bridgehead atoms. The SMILES string of the molecule is COC(C)(C)Cc1cc(OCc2ccccc2)c(Br)c(OCc2ccccc2)c1. The van der Waals surface area contributed by atoms with E-state index in [1.54, 1.807) is 7.11 Å². The second-order valence-corrected chi connectivity index (χ2v) is 8.39. The van der Waals surface area contributed by atoms with Gasteiger partial charge >= 0.3 is 0 Å². The number of ether oxygens (including phenoxy) is 3. The number of methoxy groups -OCH3 is 1. The fourth-order valence-electron chi connectivity index (χ4n) is 2.97. The van der Waals surface area contributed by atoms with Gasteiger partial charge in [-0.1, -0.05) is 60.7 Å². The van der Waals surface area contributed by atoms with Crippen LogP contribution in [-0.4, -0.2) is 12.7 Å². The largest absolute Gasteiger partial charge is 0.488 e. The van der Waals surface area contributed by atoms with E-state index in [9.17, 15) is 0 Å². The lowest BCUT2D eigenvalue weighted by Gasteiger charge is -2.24. The molecule has 3 rings (SSSR count). The Morgan fingerprint density at radius 3 is 1.59 bits per heavy atom. The summed E-state index contributed by atoms with van der Waals surface area (Å²) in [6, 6.07) is 24.4. The molecule has 0 N–H and O–H groups in total. The summed E-state index contributed by atoms with van der Waals surface area (Å²) in [6.07, 6.45) is 0.750. The van der Waals surface area contributed by atoms with Gasteiger partial charge in [-0.2, -0.15) is 0 Å². The molecule has 4 heteroatoms. The molecule has 0 atom stereocenters. The Kier molecular flexibility index (Phi) is 7.34. The summed E-state index contributed by atoms with van der Waals surface area (Å²) in [6.45, 7) is 5.14. The quantitative estimate of drug-likeness (QED) is 0.365. The third-order valence-electron chi connectivity index (χ3n) is 4.72. The standard InChI is InChI=1S/C25H27BrO3/c1-25(2,27-3)16-21-14-22(28-17-19-10-6-4-7-11-19)24(26)23(15-21)29-18-20-12-8-5-9-13-20/h4-15H,16-18H2,1-3H3. The smallest absolute Gasteiger partial charge is 0.138 e. The molecule has 0 fully saturated rings. The normalized spacial score (nSPS) is 11.3. The molecular formula is C25H27BrO3. The minimum Gasteiger partial charge on any atom is -0.488 e. The highest BCUT2D eigenvalue weighted by molar-refractivity contribution is 9.10. The maximum atomic E-state index is 6.14. The van der Waals surface area contributed by atoms with Crippen LogP contribution in [0.1, 0.15) is 30.5 Å². The van der Waals surface area contributed by atoms with Gasteiger partial charge in [0, 0.05) is 13.5 Å². The molecule has 0 aliphatic heterocycles. The van der Waals surface area contributed by atoms with Gasteiger partial charge in [-0.3, -0.25) is 0 Å². The van der Waals surface area contributed by atoms with Crippen molar-refractivity contribution in [3.8, 4) is 11.5 Å². The second kappa shape index (κ2) is 9.95. The van der Waals surface area contributed by atoms with E-state index >= 15 is 0 Å². The van der Waals surface area contributed by atoms with Gasteiger partial charge in [0.15, 0.2) is 0 Å². The summed E-state index contributed by atoms with van der Waals surface area (Å²) in [7, 11) is 1.73. The molecule has 3 aromatic rings. The molecule has 0 aromatic heterocycles. The highest BCUT2D eigenvalue weighted by Gasteiger charge is 2.20. The number of benzene rings is 3. The molecule has 0 aliphatic rings. The molecule has 0 amide bonds. The zero-order chi connectivity index (χ0) is 20.7. The summed E-state index contributed by atoms with van der Waals surface area (Å²) in [5.74, 6) is 1.53. The van der Waals surface area contributed by atoms with Crippen LogP contribution in [0.15, 0.2) is 77.3 Å². The number of halogens is 1. The predicted molar refractivity (Wildman–Crippen MR) is 120 cm³/mol. The zero-order valence-electron chi connectivity index (χ0n) is 17.2. The van der Waals surface area contributed by atoms with Crippen LogP contribution < -0.4 is 9.47 Å². The molecule has 0 saturated heterocycles. The third-order valence-corrected chi connectivity index (χ3v) is 5.50. The molecular weight excluding hydrogens is 428 g/mol. The van der Waals surface area contributed by atoms with E-state index < -0.39 is 0 Å². The van der Waals surface area contributed by atoms with Crippen molar-refractivity contribution in [2.45, 2.75) is 39.1 Å². The van der Waals surface area contributed by atoms with Crippen molar-refractivity contribution in [1.29, 1.82) is 0 Å². The van der Waals surface area contributed by atoms with Crippen LogP contribution in [0.4, 0.5) is 0 Å². The maximum absolute atomic E-state index is 6.14. The van der Waals surface area contributed by atoms with Gasteiger partial charge in [-0.15, -0.1) is 0 Å². The Balaban J connectivity index is 1.84. The van der Waals surface area contributed by atoms with Crippen LogP contribution in [0, 0.1) is 0 Å². The fraction of sp³-hybridized carbons (Fsp3) is 0.280. The van der Waals surface area contributed by atoms with Gasteiger partial charge in [0.1, 0.15) is 29.2 Å². The topological polar surface area (TPSA) is 27.7 Å². The van der Waals surface area contributed by atoms with Crippen LogP contribution in [-0.2, 0) is 24.4 Å². The average molecular weight is 455 g/mol. The first kappa shape index (κ1) is 21.4. The second-order valence-electron chi connectivity index (χ2n) is 7.60. The van der Waals surface area contributed by atoms with Crippen molar-refractivity contribution in [3.05, 3.63) is 94.0 Å². The van der Waals surface area contributed by atoms with Crippen molar-refractivity contribution < 1.29 is 14.2 Å². The van der Waals surface area contributed by atoms with Crippen molar-refractivity contribution in [3.63, 3.8) is 0 Å². The van der Waals surface area contributed by atoms with Crippen LogP contribution in [0.25, 0.3) is 0 Å². The molecule has 29 heavy (non-hydrogen) atoms. The zero-order valence-corrected chi connectivity index (χ0v) is 18.7. The minimum absolute atomic E-state index is 0.277. The van der Waals surface area contributed by atoms with Gasteiger partial charge in [-0.05, 0) is 58.6 Å². The van der Waals surface area contributed by atoms with E-state index in [1.165, 1.54) is 0 Å². The summed E-state index contributed by atoms with van der Waals surface area (Å²) >= 11 is 3.68. The molecule has 3 nitrogen and oxygen atoms in total. The van der Waals surface area contributed by atoms with Gasteiger partial charge in [0.25, 0.3) is 0 Å². The molecule has 0 heterocycles. The van der Waals surface area contributed by atoms with Crippen LogP contribution in [0.2, 0.25) is 0 Å². The molecule has 0 radical (unpaired) electrons. The van der Waals surface area contributed by atoms with Crippen molar-refractivity contribution >= 4 is 15.9 Å². The third kappa shape index (κ3) is 6.34. The lowest BCUT2D eigenvalue weighted by Crippen LogP contribution is -2.25. The molecule has 0 aliphatic carbocycles. The minimum atomic E-state index is -0.277. The lowest BCUT2D eigenvalue weighted by atomic mass is 9.98. The first-order chi connectivity index (χ1) is 14.0. The Morgan fingerprint density at radius 1 is 0.724 bits per heavy atom. The highest BCUT2D eigenvalue weighted by atomic mass is 79.9. The van der Waals surface area contributed by atoms with Gasteiger partial charge in [0.05, 0.1) is 5.60 Å². The first-order valence-corrected chi connectivity index (χ1v) is 10.5. The van der Waals surface area contributed by atoms with E-state index in [0.717, 1.165) is 39.1 Å². The Morgan fingerprint density at radius 2 is 1.17 bits per heavy atom. The summed E-state index contributed by atoms with van der Waals surface area (Å²) < 4.78 is 18.7. The monoisotopic (exact) mass is 454 g/mol. The Hall–Kier alpha value is -2.30. The number of hydrogen-bond donors (Lipinski definition) is 0.